The van der Waals surface area contributed by atoms with Crippen LogP contribution in [0.4, 0.5) is 0 Å². The predicted molar refractivity (Wildman–Crippen MR) is 72.9 cm³/mol. The summed E-state index contributed by atoms with van der Waals surface area (Å²) in [6, 6.07) is 0. The van der Waals surface area contributed by atoms with Gasteiger partial charge in [-0.25, -0.2) is 4.79 Å². The minimum atomic E-state index is -0.227. The van der Waals surface area contributed by atoms with E-state index in [0.29, 0.717) is 6.61 Å². The van der Waals surface area contributed by atoms with Crippen molar-refractivity contribution in [2.75, 3.05) is 6.61 Å². The van der Waals surface area contributed by atoms with Crippen molar-refractivity contribution in [3.05, 3.63) is 24.3 Å². The molecule has 0 aliphatic rings. The maximum Gasteiger partial charge on any atom is 0.330 e. The zero-order chi connectivity index (χ0) is 12.8. The molecule has 0 rings (SSSR count). The number of allylic oxidation sites excluding steroid dienone is 3. The molecule has 0 heterocycles. The summed E-state index contributed by atoms with van der Waals surface area (Å²) in [4.78, 5) is 11.0. The molecule has 17 heavy (non-hydrogen) atoms. The highest BCUT2D eigenvalue weighted by atomic mass is 16.5. The largest absolute Gasteiger partial charge is 0.463 e. The lowest BCUT2D eigenvalue weighted by Gasteiger charge is -1.96. The fraction of sp³-hybridized carbons (Fsp3) is 0.667. The molecule has 0 amide bonds. The number of ether oxygens (including phenoxy) is 1. The van der Waals surface area contributed by atoms with E-state index in [0.717, 1.165) is 12.8 Å². The molecular formula is C15H26O2. The molecule has 98 valence electrons. The lowest BCUT2D eigenvalue weighted by molar-refractivity contribution is -0.137. The van der Waals surface area contributed by atoms with Crippen LogP contribution in [0, 0.1) is 0 Å². The molecule has 2 nitrogen and oxygen atoms in total. The second-order valence-corrected chi connectivity index (χ2v) is 4.05. The number of hydrogen-bond donors (Lipinski definition) is 0. The normalized spacial score (nSPS) is 11.4. The van der Waals surface area contributed by atoms with Gasteiger partial charge in [0.15, 0.2) is 0 Å². The highest BCUT2D eigenvalue weighted by Crippen LogP contribution is 2.05. The number of carbonyl (C=O) groups is 1. The van der Waals surface area contributed by atoms with Gasteiger partial charge in [0.25, 0.3) is 0 Å². The summed E-state index contributed by atoms with van der Waals surface area (Å²) < 4.78 is 4.79. The van der Waals surface area contributed by atoms with E-state index >= 15 is 0 Å². The van der Waals surface area contributed by atoms with Gasteiger partial charge in [0.2, 0.25) is 0 Å². The molecule has 0 unspecified atom stereocenters. The Bertz CT molecular complexity index is 229. The molecule has 0 aliphatic heterocycles. The van der Waals surface area contributed by atoms with Crippen molar-refractivity contribution < 1.29 is 9.53 Å². The van der Waals surface area contributed by atoms with Crippen LogP contribution in [0.3, 0.4) is 0 Å². The predicted octanol–water partition coefficient (Wildman–Crippen LogP) is 4.41. The van der Waals surface area contributed by atoms with Gasteiger partial charge in [-0.05, 0) is 39.0 Å². The molecule has 0 atom stereocenters. The summed E-state index contributed by atoms with van der Waals surface area (Å²) in [6.45, 7) is 4.46. The lowest BCUT2D eigenvalue weighted by atomic mass is 10.1. The van der Waals surface area contributed by atoms with Crippen LogP contribution in [-0.4, -0.2) is 12.6 Å². The second kappa shape index (κ2) is 13.0. The smallest absolute Gasteiger partial charge is 0.330 e. The van der Waals surface area contributed by atoms with Crippen molar-refractivity contribution in [2.24, 2.45) is 0 Å². The van der Waals surface area contributed by atoms with Gasteiger partial charge in [0.05, 0.1) is 6.61 Å². The monoisotopic (exact) mass is 238 g/mol. The Kier molecular flexibility index (Phi) is 12.2. The van der Waals surface area contributed by atoms with Gasteiger partial charge < -0.3 is 4.74 Å². The molecule has 0 aromatic rings. The van der Waals surface area contributed by atoms with E-state index in [1.54, 1.807) is 0 Å². The number of esters is 1. The number of unbranched alkanes of at least 4 members (excludes halogenated alkanes) is 5. The summed E-state index contributed by atoms with van der Waals surface area (Å²) in [6.07, 6.45) is 16.2. The fourth-order valence-electron chi connectivity index (χ4n) is 1.47. The van der Waals surface area contributed by atoms with Crippen molar-refractivity contribution in [3.8, 4) is 0 Å². The zero-order valence-electron chi connectivity index (χ0n) is 11.3. The number of rotatable bonds is 10. The average Bonchev–Trinajstić information content (AvgIpc) is 2.32. The van der Waals surface area contributed by atoms with Crippen LogP contribution in [0.15, 0.2) is 24.3 Å². The summed E-state index contributed by atoms with van der Waals surface area (Å²) in [5.41, 5.74) is 0. The van der Waals surface area contributed by atoms with E-state index in [4.69, 9.17) is 4.74 Å². The lowest BCUT2D eigenvalue weighted by Crippen LogP contribution is -1.98. The summed E-state index contributed by atoms with van der Waals surface area (Å²) >= 11 is 0. The van der Waals surface area contributed by atoms with Crippen molar-refractivity contribution in [1.29, 1.82) is 0 Å². The Balaban J connectivity index is 3.26. The van der Waals surface area contributed by atoms with Crippen LogP contribution in [0.25, 0.3) is 0 Å². The van der Waals surface area contributed by atoms with E-state index in [1.165, 1.54) is 38.2 Å². The molecule has 0 saturated heterocycles. The number of carbonyl (C=O) groups excluding carboxylic acids is 1. The highest BCUT2D eigenvalue weighted by Gasteiger charge is 1.92. The first-order valence-electron chi connectivity index (χ1n) is 6.79. The Morgan fingerprint density at radius 1 is 0.941 bits per heavy atom. The Labute approximate surface area is 106 Å². The maximum atomic E-state index is 11.0. The third kappa shape index (κ3) is 12.9. The topological polar surface area (TPSA) is 26.3 Å². The van der Waals surface area contributed by atoms with Crippen LogP contribution in [0.2, 0.25) is 0 Å². The van der Waals surface area contributed by atoms with E-state index < -0.39 is 0 Å². The van der Waals surface area contributed by atoms with Crippen molar-refractivity contribution in [1.82, 2.24) is 0 Å². The Hall–Kier alpha value is -1.05. The van der Waals surface area contributed by atoms with E-state index in [2.05, 4.69) is 19.1 Å². The van der Waals surface area contributed by atoms with Crippen LogP contribution in [0.1, 0.15) is 58.8 Å². The van der Waals surface area contributed by atoms with Gasteiger partial charge in [-0.2, -0.15) is 0 Å². The molecular weight excluding hydrogens is 212 g/mol. The molecule has 2 heteroatoms. The Morgan fingerprint density at radius 3 is 2.24 bits per heavy atom. The quantitative estimate of drug-likeness (QED) is 0.244. The summed E-state index contributed by atoms with van der Waals surface area (Å²) in [5.74, 6) is -0.227. The first-order chi connectivity index (χ1) is 8.31. The highest BCUT2D eigenvalue weighted by molar-refractivity contribution is 5.81. The zero-order valence-corrected chi connectivity index (χ0v) is 11.3. The van der Waals surface area contributed by atoms with E-state index in [9.17, 15) is 4.79 Å². The molecule has 0 saturated carbocycles. The molecule has 0 spiro atoms. The Morgan fingerprint density at radius 2 is 1.59 bits per heavy atom. The molecule has 0 aromatic heterocycles. The van der Waals surface area contributed by atoms with Crippen LogP contribution in [0.5, 0.6) is 0 Å². The first kappa shape index (κ1) is 16.0. The van der Waals surface area contributed by atoms with Gasteiger partial charge in [-0.15, -0.1) is 0 Å². The minimum absolute atomic E-state index is 0.227. The van der Waals surface area contributed by atoms with Crippen molar-refractivity contribution in [3.63, 3.8) is 0 Å². The van der Waals surface area contributed by atoms with Gasteiger partial charge in [-0.1, -0.05) is 38.0 Å². The van der Waals surface area contributed by atoms with E-state index in [-0.39, 0.29) is 5.97 Å². The first-order valence-corrected chi connectivity index (χ1v) is 6.79. The third-order valence-electron chi connectivity index (χ3n) is 2.40. The van der Waals surface area contributed by atoms with Gasteiger partial charge >= 0.3 is 5.97 Å². The van der Waals surface area contributed by atoms with Gasteiger partial charge in [0.1, 0.15) is 0 Å². The van der Waals surface area contributed by atoms with Crippen LogP contribution < -0.4 is 0 Å². The maximum absolute atomic E-state index is 11.0. The van der Waals surface area contributed by atoms with Crippen molar-refractivity contribution in [2.45, 2.75) is 58.8 Å². The fourth-order valence-corrected chi connectivity index (χ4v) is 1.47. The molecule has 0 N–H and O–H groups in total. The molecule has 0 bridgehead atoms. The van der Waals surface area contributed by atoms with Crippen LogP contribution >= 0.6 is 0 Å². The average molecular weight is 238 g/mol. The second-order valence-electron chi connectivity index (χ2n) is 4.05. The van der Waals surface area contributed by atoms with Crippen molar-refractivity contribution >= 4 is 5.97 Å². The molecule has 0 aliphatic carbocycles. The van der Waals surface area contributed by atoms with Crippen LogP contribution in [-0.2, 0) is 9.53 Å². The minimum Gasteiger partial charge on any atom is -0.463 e. The molecule has 0 fully saturated rings. The summed E-state index contributed by atoms with van der Waals surface area (Å²) in [7, 11) is 0. The number of hydrogen-bond acceptors (Lipinski definition) is 2. The molecule has 0 radical (unpaired) electrons. The third-order valence-corrected chi connectivity index (χ3v) is 2.40. The SMILES string of the molecule is CCC/C=C/CCCCC/C=C/C(=O)OCC. The van der Waals surface area contributed by atoms with E-state index in [1.807, 2.05) is 13.0 Å². The molecule has 0 aromatic carbocycles. The standard InChI is InChI=1S/C15H26O2/c1-3-5-6-7-8-9-10-11-12-13-14-15(16)17-4-2/h6-7,13-14H,3-5,8-12H2,1-2H3/b7-6+,14-13+. The summed E-state index contributed by atoms with van der Waals surface area (Å²) in [5, 5.41) is 0. The van der Waals surface area contributed by atoms with Gasteiger partial charge in [-0.3, -0.25) is 0 Å². The van der Waals surface area contributed by atoms with Gasteiger partial charge in [0, 0.05) is 6.08 Å².